The molecule has 2 unspecified atom stereocenters. The van der Waals surface area contributed by atoms with Crippen molar-refractivity contribution in [3.8, 4) is 17.2 Å². The number of nitrogens with one attached hydrogen (secondary N) is 1. The lowest BCUT2D eigenvalue weighted by Crippen LogP contribution is -2.30. The summed E-state index contributed by atoms with van der Waals surface area (Å²) in [6.45, 7) is 4.28. The summed E-state index contributed by atoms with van der Waals surface area (Å²) < 4.78 is 14.6. The highest BCUT2D eigenvalue weighted by Gasteiger charge is 2.43. The first kappa shape index (κ1) is 24.3. The highest BCUT2D eigenvalue weighted by Crippen LogP contribution is 2.47. The third-order valence-corrected chi connectivity index (χ3v) is 7.61. The van der Waals surface area contributed by atoms with Crippen LogP contribution in [0.25, 0.3) is 5.69 Å². The van der Waals surface area contributed by atoms with Gasteiger partial charge in [-0.25, -0.2) is 0 Å². The van der Waals surface area contributed by atoms with Crippen molar-refractivity contribution in [1.82, 2.24) is 14.9 Å². The van der Waals surface area contributed by atoms with Crippen molar-refractivity contribution in [2.45, 2.75) is 25.9 Å². The normalized spacial score (nSPS) is 17.2. The van der Waals surface area contributed by atoms with Crippen molar-refractivity contribution < 1.29 is 9.47 Å². The van der Waals surface area contributed by atoms with Crippen LogP contribution in [0.3, 0.4) is 0 Å². The number of aryl methyl sites for hydroxylation is 1. The van der Waals surface area contributed by atoms with E-state index in [0.717, 1.165) is 44.2 Å². The Labute approximate surface area is 225 Å². The van der Waals surface area contributed by atoms with Crippen LogP contribution in [0.4, 0.5) is 5.69 Å². The van der Waals surface area contributed by atoms with E-state index in [-0.39, 0.29) is 12.1 Å². The fraction of sp³-hybridized carbons (Fsp3) is 0.214. The van der Waals surface area contributed by atoms with Gasteiger partial charge in [-0.05, 0) is 90.0 Å². The molecular formula is C28H27BrN4O2S. The van der Waals surface area contributed by atoms with Crippen molar-refractivity contribution in [3.63, 3.8) is 0 Å². The van der Waals surface area contributed by atoms with Crippen LogP contribution in [0.5, 0.6) is 11.5 Å². The Bertz CT molecular complexity index is 1420. The average Bonchev–Trinajstić information content (AvgIpc) is 3.39. The van der Waals surface area contributed by atoms with Gasteiger partial charge in [0.2, 0.25) is 0 Å². The van der Waals surface area contributed by atoms with Gasteiger partial charge in [0, 0.05) is 28.1 Å². The first-order valence-corrected chi connectivity index (χ1v) is 12.8. The lowest BCUT2D eigenvalue weighted by Gasteiger charge is -2.29. The van der Waals surface area contributed by atoms with Crippen molar-refractivity contribution in [2.75, 3.05) is 19.1 Å². The molecule has 1 saturated heterocycles. The first-order chi connectivity index (χ1) is 17.4. The molecule has 36 heavy (non-hydrogen) atoms. The van der Waals surface area contributed by atoms with Crippen molar-refractivity contribution in [3.05, 3.63) is 100 Å². The Balaban J connectivity index is 1.73. The molecule has 1 aliphatic rings. The standard InChI is InChI=1S/C28H27BrN4O2S/c1-17-15-20(18(2)32(17)23-11-6-5-9-21(23)29)27-26(22-10-7-8-14-30-22)31-28(36)33(27)24-16-19(34-3)12-13-25(24)35-4/h5-16,26-27H,1-4H3,(H,31,36). The Morgan fingerprint density at radius 3 is 2.42 bits per heavy atom. The number of thiocarbonyl (C=S) groups is 1. The van der Waals surface area contributed by atoms with Gasteiger partial charge in [0.1, 0.15) is 11.5 Å². The molecule has 0 bridgehead atoms. The second-order valence-electron chi connectivity index (χ2n) is 8.65. The summed E-state index contributed by atoms with van der Waals surface area (Å²) >= 11 is 9.67. The van der Waals surface area contributed by atoms with E-state index in [1.807, 2.05) is 48.7 Å². The molecule has 1 fully saturated rings. The maximum absolute atomic E-state index is 5.94. The van der Waals surface area contributed by atoms with Gasteiger partial charge in [-0.3, -0.25) is 4.98 Å². The molecule has 0 saturated carbocycles. The van der Waals surface area contributed by atoms with Crippen LogP contribution in [0, 0.1) is 13.8 Å². The molecular weight excluding hydrogens is 536 g/mol. The van der Waals surface area contributed by atoms with Gasteiger partial charge in [0.25, 0.3) is 0 Å². The molecule has 4 aromatic rings. The van der Waals surface area contributed by atoms with Gasteiger partial charge >= 0.3 is 0 Å². The van der Waals surface area contributed by atoms with Gasteiger partial charge in [0.05, 0.1) is 43.4 Å². The zero-order valence-electron chi connectivity index (χ0n) is 20.5. The van der Waals surface area contributed by atoms with Crippen LogP contribution in [0.1, 0.15) is 34.7 Å². The van der Waals surface area contributed by atoms with Gasteiger partial charge in [0.15, 0.2) is 5.11 Å². The molecule has 6 nitrogen and oxygen atoms in total. The number of anilines is 1. The minimum atomic E-state index is -0.171. The van der Waals surface area contributed by atoms with E-state index >= 15 is 0 Å². The molecule has 0 radical (unpaired) electrons. The van der Waals surface area contributed by atoms with Gasteiger partial charge in [-0.1, -0.05) is 18.2 Å². The molecule has 2 aromatic heterocycles. The Morgan fingerprint density at radius 1 is 0.944 bits per heavy atom. The molecule has 0 aliphatic carbocycles. The average molecular weight is 564 g/mol. The number of hydrogen-bond acceptors (Lipinski definition) is 4. The minimum Gasteiger partial charge on any atom is -0.497 e. The van der Waals surface area contributed by atoms with Crippen molar-refractivity contribution in [1.29, 1.82) is 0 Å². The van der Waals surface area contributed by atoms with Crippen LogP contribution < -0.4 is 19.7 Å². The summed E-state index contributed by atoms with van der Waals surface area (Å²) in [4.78, 5) is 6.81. The number of benzene rings is 2. The summed E-state index contributed by atoms with van der Waals surface area (Å²) in [5.41, 5.74) is 6.25. The number of pyridine rings is 1. The number of methoxy groups -OCH3 is 2. The highest BCUT2D eigenvalue weighted by atomic mass is 79.9. The summed E-state index contributed by atoms with van der Waals surface area (Å²) in [7, 11) is 3.33. The van der Waals surface area contributed by atoms with E-state index in [1.54, 1.807) is 14.2 Å². The fourth-order valence-corrected chi connectivity index (χ4v) is 5.81. The van der Waals surface area contributed by atoms with Crippen molar-refractivity contribution >= 4 is 38.9 Å². The lowest BCUT2D eigenvalue weighted by atomic mass is 9.96. The van der Waals surface area contributed by atoms with E-state index in [0.29, 0.717) is 10.9 Å². The van der Waals surface area contributed by atoms with Crippen LogP contribution in [-0.2, 0) is 0 Å². The third-order valence-electron chi connectivity index (χ3n) is 6.63. The molecule has 2 aromatic carbocycles. The monoisotopic (exact) mass is 562 g/mol. The predicted octanol–water partition coefficient (Wildman–Crippen LogP) is 6.45. The number of halogens is 1. The Hall–Kier alpha value is -3.36. The molecule has 8 heteroatoms. The van der Waals surface area contributed by atoms with Crippen LogP contribution >= 0.6 is 28.1 Å². The zero-order valence-corrected chi connectivity index (χ0v) is 22.9. The molecule has 2 atom stereocenters. The van der Waals surface area contributed by atoms with Crippen LogP contribution in [0.15, 0.2) is 77.4 Å². The number of ether oxygens (including phenoxy) is 2. The van der Waals surface area contributed by atoms with Crippen molar-refractivity contribution in [2.24, 2.45) is 0 Å². The number of hydrogen-bond donors (Lipinski definition) is 1. The number of rotatable bonds is 6. The maximum atomic E-state index is 5.94. The molecule has 0 spiro atoms. The number of nitrogens with zero attached hydrogens (tertiary/aromatic N) is 3. The van der Waals surface area contributed by atoms with Gasteiger partial charge < -0.3 is 24.3 Å². The molecule has 5 rings (SSSR count). The second kappa shape index (κ2) is 9.95. The Kier molecular flexibility index (Phi) is 6.73. The van der Waals surface area contributed by atoms with E-state index < -0.39 is 0 Å². The minimum absolute atomic E-state index is 0.164. The zero-order chi connectivity index (χ0) is 25.4. The highest BCUT2D eigenvalue weighted by molar-refractivity contribution is 9.10. The summed E-state index contributed by atoms with van der Waals surface area (Å²) in [6, 6.07) is 21.9. The maximum Gasteiger partial charge on any atom is 0.174 e. The van der Waals surface area contributed by atoms with E-state index in [2.05, 4.69) is 73.8 Å². The molecule has 0 amide bonds. The molecule has 184 valence electrons. The SMILES string of the molecule is COc1ccc(OC)c(N2C(=S)NC(c3ccccn3)C2c2cc(C)n(-c3ccccc3Br)c2C)c1. The van der Waals surface area contributed by atoms with Crippen LogP contribution in [0.2, 0.25) is 0 Å². The fourth-order valence-electron chi connectivity index (χ4n) is 5.01. The number of aromatic nitrogens is 2. The van der Waals surface area contributed by atoms with Gasteiger partial charge in [-0.2, -0.15) is 0 Å². The summed E-state index contributed by atoms with van der Waals surface area (Å²) in [5.74, 6) is 1.44. The molecule has 3 heterocycles. The topological polar surface area (TPSA) is 51.6 Å². The second-order valence-corrected chi connectivity index (χ2v) is 9.89. The van der Waals surface area contributed by atoms with E-state index in [1.165, 1.54) is 0 Å². The quantitative estimate of drug-likeness (QED) is 0.273. The van der Waals surface area contributed by atoms with E-state index in [4.69, 9.17) is 21.7 Å². The Morgan fingerprint density at radius 2 is 1.72 bits per heavy atom. The molecule has 1 N–H and O–H groups in total. The summed E-state index contributed by atoms with van der Waals surface area (Å²) in [6.07, 6.45) is 1.82. The van der Waals surface area contributed by atoms with Gasteiger partial charge in [-0.15, -0.1) is 0 Å². The third kappa shape index (κ3) is 4.14. The lowest BCUT2D eigenvalue weighted by molar-refractivity contribution is 0.403. The first-order valence-electron chi connectivity index (χ1n) is 11.6. The largest absolute Gasteiger partial charge is 0.497 e. The van der Waals surface area contributed by atoms with E-state index in [9.17, 15) is 0 Å². The smallest absolute Gasteiger partial charge is 0.174 e. The number of para-hydroxylation sites is 1. The molecule has 1 aliphatic heterocycles. The summed E-state index contributed by atoms with van der Waals surface area (Å²) in [5, 5.41) is 4.15. The van der Waals surface area contributed by atoms with Crippen LogP contribution in [-0.4, -0.2) is 28.9 Å². The predicted molar refractivity (Wildman–Crippen MR) is 150 cm³/mol.